The second kappa shape index (κ2) is 11.8. The Morgan fingerprint density at radius 2 is 1.77 bits per heavy atom. The van der Waals surface area contributed by atoms with Gasteiger partial charge in [0.1, 0.15) is 58.3 Å². The molecule has 0 fully saturated rings. The summed E-state index contributed by atoms with van der Waals surface area (Å²) >= 11 is 12.0. The Labute approximate surface area is 258 Å². The Bertz CT molecular complexity index is 2170. The molecule has 3 aromatic heterocycles. The lowest BCUT2D eigenvalue weighted by atomic mass is 10.2. The van der Waals surface area contributed by atoms with E-state index >= 15 is 4.39 Å². The van der Waals surface area contributed by atoms with Crippen molar-refractivity contribution < 1.29 is 27.0 Å². The summed E-state index contributed by atoms with van der Waals surface area (Å²) in [7, 11) is -4.41. The van der Waals surface area contributed by atoms with Crippen LogP contribution in [-0.2, 0) is 10.0 Å². The number of halogens is 4. The zero-order valence-corrected chi connectivity index (χ0v) is 24.5. The van der Waals surface area contributed by atoms with Crippen LogP contribution < -0.4 is 14.8 Å². The van der Waals surface area contributed by atoms with Crippen LogP contribution in [0.5, 0.6) is 5.75 Å². The molecule has 0 spiro atoms. The van der Waals surface area contributed by atoms with E-state index in [2.05, 4.69) is 30.0 Å². The number of fused-ring (bicyclic) bond motifs is 2. The molecule has 0 unspecified atom stereocenters. The Balaban J connectivity index is 1.37. The minimum atomic E-state index is -4.41. The molecule has 3 aromatic carbocycles. The maximum Gasteiger partial charge on any atom is 0.263 e. The minimum Gasteiger partial charge on any atom is -0.489 e. The fourth-order valence-corrected chi connectivity index (χ4v) is 6.20. The van der Waals surface area contributed by atoms with Gasteiger partial charge < -0.3 is 15.2 Å². The zero-order valence-electron chi connectivity index (χ0n) is 22.2. The normalized spacial score (nSPS) is 11.7. The van der Waals surface area contributed by atoms with E-state index in [0.717, 1.165) is 12.1 Å². The highest BCUT2D eigenvalue weighted by Crippen LogP contribution is 2.34. The van der Waals surface area contributed by atoms with Crippen LogP contribution in [0.1, 0.15) is 0 Å². The van der Waals surface area contributed by atoms with Crippen molar-refractivity contribution in [3.8, 4) is 11.6 Å². The summed E-state index contributed by atoms with van der Waals surface area (Å²) in [5.74, 6) is -1.46. The molecule has 224 valence electrons. The quantitative estimate of drug-likeness (QED) is 0.174. The molecule has 16 heteroatoms. The van der Waals surface area contributed by atoms with E-state index < -0.39 is 33.0 Å². The summed E-state index contributed by atoms with van der Waals surface area (Å²) in [5, 5.41) is 11.4. The third-order valence-electron chi connectivity index (χ3n) is 6.39. The molecule has 3 heterocycles. The van der Waals surface area contributed by atoms with Crippen molar-refractivity contribution in [2.24, 2.45) is 0 Å². The van der Waals surface area contributed by atoms with Gasteiger partial charge in [0.05, 0.1) is 33.4 Å². The molecule has 0 aliphatic rings. The van der Waals surface area contributed by atoms with E-state index in [1.54, 1.807) is 34.9 Å². The largest absolute Gasteiger partial charge is 0.489 e. The number of pyridine rings is 1. The van der Waals surface area contributed by atoms with E-state index in [1.807, 2.05) is 0 Å². The lowest BCUT2D eigenvalue weighted by molar-refractivity contribution is 0.202. The topological polar surface area (TPSA) is 144 Å². The van der Waals surface area contributed by atoms with Crippen LogP contribution >= 0.6 is 23.2 Å². The van der Waals surface area contributed by atoms with Crippen LogP contribution in [0.25, 0.3) is 27.9 Å². The fraction of sp³-hybridized carbons (Fsp3) is 0.0714. The number of sulfonamides is 1. The van der Waals surface area contributed by atoms with Crippen molar-refractivity contribution in [3.63, 3.8) is 0 Å². The first-order valence-corrected chi connectivity index (χ1v) is 15.0. The van der Waals surface area contributed by atoms with Gasteiger partial charge in [-0.1, -0.05) is 35.3 Å². The second-order valence-corrected chi connectivity index (χ2v) is 11.6. The van der Waals surface area contributed by atoms with Gasteiger partial charge in [0.2, 0.25) is 0 Å². The number of rotatable bonds is 9. The first-order valence-electron chi connectivity index (χ1n) is 12.7. The molecule has 0 amide bonds. The highest BCUT2D eigenvalue weighted by Gasteiger charge is 2.24. The number of aliphatic hydroxyl groups is 1. The second-order valence-electron chi connectivity index (χ2n) is 9.14. The van der Waals surface area contributed by atoms with Gasteiger partial charge in [0, 0.05) is 0 Å². The molecule has 0 atom stereocenters. The van der Waals surface area contributed by atoms with E-state index in [4.69, 9.17) is 33.0 Å². The molecular formula is C28H19Cl2F2N7O4S. The average molecular weight is 658 g/mol. The molecule has 0 saturated heterocycles. The number of aromatic nitrogens is 5. The first-order chi connectivity index (χ1) is 21.2. The monoisotopic (exact) mass is 657 g/mol. The van der Waals surface area contributed by atoms with Crippen molar-refractivity contribution in [1.82, 2.24) is 24.5 Å². The van der Waals surface area contributed by atoms with Crippen LogP contribution in [0.2, 0.25) is 10.0 Å². The number of imidazole rings is 1. The highest BCUT2D eigenvalue weighted by molar-refractivity contribution is 7.92. The van der Waals surface area contributed by atoms with Crippen molar-refractivity contribution >= 4 is 72.5 Å². The predicted octanol–water partition coefficient (Wildman–Crippen LogP) is 5.86. The van der Waals surface area contributed by atoms with Crippen LogP contribution in [0.15, 0.2) is 78.2 Å². The SMILES string of the molecule is O=S(=O)(Nc1ccc(F)c(Nc2ncnc3ccc(-n4cnc5c(OCCO)cccc54)nc23)c1F)c1cccc(Cl)c1Cl. The Kier molecular flexibility index (Phi) is 7.90. The first kappa shape index (κ1) is 29.4. The number of benzene rings is 3. The van der Waals surface area contributed by atoms with E-state index in [0.29, 0.717) is 28.1 Å². The molecule has 0 aliphatic heterocycles. The predicted molar refractivity (Wildman–Crippen MR) is 161 cm³/mol. The van der Waals surface area contributed by atoms with E-state index in [9.17, 15) is 12.8 Å². The summed E-state index contributed by atoms with van der Waals surface area (Å²) in [6.07, 6.45) is 2.72. The van der Waals surface area contributed by atoms with Crippen LogP contribution in [0, 0.1) is 11.6 Å². The number of nitrogens with one attached hydrogen (secondary N) is 2. The maximum absolute atomic E-state index is 15.7. The van der Waals surface area contributed by atoms with Crippen LogP contribution in [-0.4, -0.2) is 51.2 Å². The number of aliphatic hydroxyl groups excluding tert-OH is 1. The molecular weight excluding hydrogens is 639 g/mol. The summed E-state index contributed by atoms with van der Waals surface area (Å²) < 4.78 is 65.9. The van der Waals surface area contributed by atoms with Gasteiger partial charge in [-0.15, -0.1) is 0 Å². The summed E-state index contributed by atoms with van der Waals surface area (Å²) in [6.45, 7) is -0.0674. The van der Waals surface area contributed by atoms with Crippen LogP contribution in [0.3, 0.4) is 0 Å². The standard InChI is InChI=1S/C28H19Cl2F2N7O4S/c29-15-3-1-6-21(23(15)30)44(41,42)38-17-8-7-16(31)25(24(17)32)37-28-26-18(33-13-34-28)9-10-22(36-26)39-14-35-27-19(39)4-2-5-20(27)43-12-11-40/h1-10,13-14,38,40H,11-12H2,(H,33,34,37). The average Bonchev–Trinajstić information content (AvgIpc) is 3.45. The number of hydrogen-bond acceptors (Lipinski definition) is 9. The lowest BCUT2D eigenvalue weighted by Crippen LogP contribution is -2.15. The molecule has 0 saturated carbocycles. The summed E-state index contributed by atoms with van der Waals surface area (Å²) in [5.41, 5.74) is 0.462. The van der Waals surface area contributed by atoms with Gasteiger partial charge in [-0.2, -0.15) is 0 Å². The highest BCUT2D eigenvalue weighted by atomic mass is 35.5. The minimum absolute atomic E-state index is 0.0156. The molecule has 44 heavy (non-hydrogen) atoms. The third kappa shape index (κ3) is 5.43. The van der Waals surface area contributed by atoms with E-state index in [-0.39, 0.29) is 39.5 Å². The van der Waals surface area contributed by atoms with Crippen molar-refractivity contribution in [1.29, 1.82) is 0 Å². The van der Waals surface area contributed by atoms with Gasteiger partial charge in [0.15, 0.2) is 11.6 Å². The molecule has 6 rings (SSSR count). The van der Waals surface area contributed by atoms with Crippen LogP contribution in [0.4, 0.5) is 26.0 Å². The van der Waals surface area contributed by atoms with Gasteiger partial charge in [-0.05, 0) is 48.5 Å². The Morgan fingerprint density at radius 1 is 0.955 bits per heavy atom. The summed E-state index contributed by atoms with van der Waals surface area (Å²) in [4.78, 5) is 17.0. The number of anilines is 3. The number of ether oxygens (including phenoxy) is 1. The van der Waals surface area contributed by atoms with E-state index in [1.165, 1.54) is 30.9 Å². The Hall–Kier alpha value is -4.63. The number of para-hydroxylation sites is 1. The van der Waals surface area contributed by atoms with Crippen molar-refractivity contribution in [3.05, 3.63) is 95.0 Å². The molecule has 0 bridgehead atoms. The molecule has 11 nitrogen and oxygen atoms in total. The van der Waals surface area contributed by atoms with Gasteiger partial charge in [-0.25, -0.2) is 37.1 Å². The lowest BCUT2D eigenvalue weighted by Gasteiger charge is -2.15. The zero-order chi connectivity index (χ0) is 31.0. The number of nitrogens with zero attached hydrogens (tertiary/aromatic N) is 5. The number of hydrogen-bond donors (Lipinski definition) is 3. The van der Waals surface area contributed by atoms with Crippen molar-refractivity contribution in [2.75, 3.05) is 23.3 Å². The fourth-order valence-electron chi connectivity index (χ4n) is 4.38. The molecule has 0 aliphatic carbocycles. The third-order valence-corrected chi connectivity index (χ3v) is 8.73. The summed E-state index contributed by atoms with van der Waals surface area (Å²) in [6, 6.07) is 14.4. The molecule has 0 radical (unpaired) electrons. The molecule has 3 N–H and O–H groups in total. The van der Waals surface area contributed by atoms with Gasteiger partial charge in [0.25, 0.3) is 10.0 Å². The maximum atomic E-state index is 15.7. The van der Waals surface area contributed by atoms with Gasteiger partial charge >= 0.3 is 0 Å². The molecule has 6 aromatic rings. The van der Waals surface area contributed by atoms with Crippen molar-refractivity contribution in [2.45, 2.75) is 4.90 Å². The Morgan fingerprint density at radius 3 is 2.59 bits per heavy atom. The smallest absolute Gasteiger partial charge is 0.263 e. The van der Waals surface area contributed by atoms with Gasteiger partial charge in [-0.3, -0.25) is 9.29 Å².